The van der Waals surface area contributed by atoms with Gasteiger partial charge in [0.25, 0.3) is 0 Å². The zero-order chi connectivity index (χ0) is 18.3. The van der Waals surface area contributed by atoms with Crippen molar-refractivity contribution >= 4 is 22.5 Å². The van der Waals surface area contributed by atoms with Crippen LogP contribution in [-0.4, -0.2) is 30.1 Å². The fourth-order valence-electron chi connectivity index (χ4n) is 3.42. The number of hydrogen-bond acceptors (Lipinski definition) is 5. The molecule has 0 fully saturated rings. The van der Waals surface area contributed by atoms with Crippen molar-refractivity contribution in [1.29, 1.82) is 0 Å². The van der Waals surface area contributed by atoms with Gasteiger partial charge in [-0.2, -0.15) is 0 Å². The number of fused-ring (bicyclic) bond motifs is 1. The lowest BCUT2D eigenvalue weighted by molar-refractivity contribution is 0.402. The van der Waals surface area contributed by atoms with Crippen LogP contribution in [0.1, 0.15) is 12.0 Å². The standard InChI is InChI=1S/C19H18N2O4S/c22-18-12-17(20-11-3-5-13-4-1-2-6-16(13)20)19(23)21(18)14-7-9-15(10-8-14)26(24)25/h1-2,4,6-10,12,22-23H,3,5,11H2,(H,24,25)/p-1. The number of benzene rings is 2. The summed E-state index contributed by atoms with van der Waals surface area (Å²) in [7, 11) is 0. The molecule has 0 amide bonds. The van der Waals surface area contributed by atoms with Crippen LogP contribution < -0.4 is 4.90 Å². The summed E-state index contributed by atoms with van der Waals surface area (Å²) in [6.45, 7) is 0.738. The molecule has 7 heteroatoms. The molecule has 4 rings (SSSR count). The van der Waals surface area contributed by atoms with Crippen LogP contribution in [0.5, 0.6) is 11.8 Å². The van der Waals surface area contributed by atoms with Crippen molar-refractivity contribution in [1.82, 2.24) is 4.57 Å². The number of hydrogen-bond donors (Lipinski definition) is 2. The van der Waals surface area contributed by atoms with Crippen LogP contribution >= 0.6 is 0 Å². The third kappa shape index (κ3) is 2.75. The first kappa shape index (κ1) is 16.7. The van der Waals surface area contributed by atoms with E-state index < -0.39 is 11.1 Å². The third-order valence-corrected chi connectivity index (χ3v) is 5.28. The van der Waals surface area contributed by atoms with Crippen LogP contribution in [-0.2, 0) is 17.5 Å². The first-order chi connectivity index (χ1) is 12.6. The molecule has 26 heavy (non-hydrogen) atoms. The topological polar surface area (TPSA) is 88.8 Å². The lowest BCUT2D eigenvalue weighted by Gasteiger charge is -2.30. The van der Waals surface area contributed by atoms with Crippen molar-refractivity contribution in [2.75, 3.05) is 11.4 Å². The Balaban J connectivity index is 1.77. The lowest BCUT2D eigenvalue weighted by atomic mass is 10.0. The summed E-state index contributed by atoms with van der Waals surface area (Å²) < 4.78 is 23.3. The van der Waals surface area contributed by atoms with Gasteiger partial charge in [0, 0.05) is 23.2 Å². The van der Waals surface area contributed by atoms with Gasteiger partial charge in [-0.05, 0) is 59.8 Å². The van der Waals surface area contributed by atoms with E-state index >= 15 is 0 Å². The molecule has 6 nitrogen and oxygen atoms in total. The Hall–Kier alpha value is -2.77. The van der Waals surface area contributed by atoms with E-state index in [1.54, 1.807) is 12.1 Å². The third-order valence-electron chi connectivity index (χ3n) is 4.62. The molecular weight excluding hydrogens is 352 g/mol. The van der Waals surface area contributed by atoms with Gasteiger partial charge in [0.15, 0.2) is 0 Å². The molecule has 1 unspecified atom stereocenters. The number of nitrogens with zero attached hydrogens (tertiary/aromatic N) is 2. The van der Waals surface area contributed by atoms with Gasteiger partial charge in [0.2, 0.25) is 11.8 Å². The average Bonchev–Trinajstić information content (AvgIpc) is 2.95. The predicted molar refractivity (Wildman–Crippen MR) is 98.1 cm³/mol. The minimum Gasteiger partial charge on any atom is -0.768 e. The largest absolute Gasteiger partial charge is 0.768 e. The second kappa shape index (κ2) is 6.51. The van der Waals surface area contributed by atoms with Crippen LogP contribution in [0.15, 0.2) is 59.5 Å². The molecule has 1 atom stereocenters. The number of rotatable bonds is 3. The van der Waals surface area contributed by atoms with Crippen molar-refractivity contribution in [2.24, 2.45) is 0 Å². The van der Waals surface area contributed by atoms with E-state index in [4.69, 9.17) is 0 Å². The SMILES string of the molecule is O=S([O-])c1ccc(-n2c(O)cc(N3CCCc4ccccc43)c2O)cc1. The summed E-state index contributed by atoms with van der Waals surface area (Å²) in [5.74, 6) is -0.202. The Labute approximate surface area is 153 Å². The van der Waals surface area contributed by atoms with E-state index in [-0.39, 0.29) is 16.7 Å². The molecule has 0 saturated heterocycles. The molecule has 0 aliphatic carbocycles. The molecule has 1 aliphatic rings. The summed E-state index contributed by atoms with van der Waals surface area (Å²) in [5.41, 5.74) is 3.22. The molecule has 2 aromatic carbocycles. The highest BCUT2D eigenvalue weighted by Gasteiger charge is 2.25. The van der Waals surface area contributed by atoms with Gasteiger partial charge in [-0.3, -0.25) is 4.21 Å². The van der Waals surface area contributed by atoms with Crippen molar-refractivity contribution in [3.63, 3.8) is 0 Å². The van der Waals surface area contributed by atoms with Gasteiger partial charge in [-0.25, -0.2) is 4.57 Å². The Bertz CT molecular complexity index is 982. The number of anilines is 2. The quantitative estimate of drug-likeness (QED) is 0.692. The Morgan fingerprint density at radius 2 is 1.73 bits per heavy atom. The number of aromatic nitrogens is 1. The van der Waals surface area contributed by atoms with Crippen molar-refractivity contribution < 1.29 is 19.0 Å². The molecule has 2 heterocycles. The molecule has 0 radical (unpaired) electrons. The first-order valence-electron chi connectivity index (χ1n) is 8.25. The number of aromatic hydroxyl groups is 2. The smallest absolute Gasteiger partial charge is 0.223 e. The van der Waals surface area contributed by atoms with Crippen LogP contribution in [0.2, 0.25) is 0 Å². The van der Waals surface area contributed by atoms with E-state index in [2.05, 4.69) is 6.07 Å². The van der Waals surface area contributed by atoms with Crippen LogP contribution in [0.3, 0.4) is 0 Å². The molecule has 0 bridgehead atoms. The zero-order valence-corrected chi connectivity index (χ0v) is 14.6. The predicted octanol–water partition coefficient (Wildman–Crippen LogP) is 3.21. The normalized spacial score (nSPS) is 14.9. The van der Waals surface area contributed by atoms with Crippen molar-refractivity contribution in [2.45, 2.75) is 17.7 Å². The molecule has 2 N–H and O–H groups in total. The van der Waals surface area contributed by atoms with Crippen molar-refractivity contribution in [3.05, 3.63) is 60.2 Å². The highest BCUT2D eigenvalue weighted by Crippen LogP contribution is 2.43. The Morgan fingerprint density at radius 1 is 1.00 bits per heavy atom. The van der Waals surface area contributed by atoms with E-state index in [0.717, 1.165) is 25.1 Å². The summed E-state index contributed by atoms with van der Waals surface area (Å²) in [5, 5.41) is 21.1. The average molecular weight is 369 g/mol. The monoisotopic (exact) mass is 369 g/mol. The maximum atomic E-state index is 11.0. The van der Waals surface area contributed by atoms with Gasteiger partial charge in [-0.15, -0.1) is 0 Å². The number of para-hydroxylation sites is 1. The zero-order valence-electron chi connectivity index (χ0n) is 13.8. The minimum atomic E-state index is -2.32. The molecule has 1 aliphatic heterocycles. The molecule has 0 saturated carbocycles. The number of aryl methyl sites for hydroxylation is 1. The summed E-state index contributed by atoms with van der Waals surface area (Å²) >= 11 is -2.32. The van der Waals surface area contributed by atoms with Gasteiger partial charge in [0.1, 0.15) is 5.69 Å². The highest BCUT2D eigenvalue weighted by atomic mass is 32.2. The molecule has 0 spiro atoms. The molecule has 3 aromatic rings. The molecule has 1 aromatic heterocycles. The van der Waals surface area contributed by atoms with E-state index in [1.807, 2.05) is 23.1 Å². The summed E-state index contributed by atoms with van der Waals surface area (Å²) in [6.07, 6.45) is 1.93. The minimum absolute atomic E-state index is 0.0878. The summed E-state index contributed by atoms with van der Waals surface area (Å²) in [4.78, 5) is 2.14. The van der Waals surface area contributed by atoms with Gasteiger partial charge in [-0.1, -0.05) is 18.2 Å². The van der Waals surface area contributed by atoms with E-state index in [9.17, 15) is 19.0 Å². The van der Waals surface area contributed by atoms with E-state index in [1.165, 1.54) is 28.3 Å². The van der Waals surface area contributed by atoms with Crippen molar-refractivity contribution in [3.8, 4) is 17.4 Å². The van der Waals surface area contributed by atoms with E-state index in [0.29, 0.717) is 11.4 Å². The van der Waals surface area contributed by atoms with Crippen LogP contribution in [0, 0.1) is 0 Å². The van der Waals surface area contributed by atoms with Gasteiger partial charge in [0.05, 0.1) is 5.69 Å². The van der Waals surface area contributed by atoms with Crippen LogP contribution in [0.4, 0.5) is 11.4 Å². The second-order valence-electron chi connectivity index (χ2n) is 6.16. The summed E-state index contributed by atoms with van der Waals surface area (Å²) in [6, 6.07) is 15.5. The molecular formula is C19H17N2O4S-. The second-order valence-corrected chi connectivity index (χ2v) is 7.10. The fraction of sp³-hybridized carbons (Fsp3) is 0.158. The lowest BCUT2D eigenvalue weighted by Crippen LogP contribution is -2.24. The Morgan fingerprint density at radius 3 is 2.46 bits per heavy atom. The first-order valence-corrected chi connectivity index (χ1v) is 9.32. The maximum Gasteiger partial charge on any atom is 0.223 e. The van der Waals surface area contributed by atoms with Crippen LogP contribution in [0.25, 0.3) is 5.69 Å². The Kier molecular flexibility index (Phi) is 4.18. The van der Waals surface area contributed by atoms with Gasteiger partial charge >= 0.3 is 0 Å². The fourth-order valence-corrected chi connectivity index (χ4v) is 3.78. The molecule has 134 valence electrons. The van der Waals surface area contributed by atoms with Gasteiger partial charge < -0.3 is 19.7 Å². The highest BCUT2D eigenvalue weighted by molar-refractivity contribution is 7.79. The maximum absolute atomic E-state index is 11.0.